The molecule has 0 bridgehead atoms. The minimum atomic E-state index is -1.93. The van der Waals surface area contributed by atoms with E-state index in [0.717, 1.165) is 0 Å². The molecule has 12 heteroatoms. The van der Waals surface area contributed by atoms with Gasteiger partial charge in [-0.3, -0.25) is 0 Å². The second kappa shape index (κ2) is 8.15. The zero-order valence-corrected chi connectivity index (χ0v) is 18.2. The summed E-state index contributed by atoms with van der Waals surface area (Å²) in [4.78, 5) is 12.1. The Morgan fingerprint density at radius 1 is 0.920 bits per heavy atom. The van der Waals surface area contributed by atoms with Crippen LogP contribution in [0.15, 0.2) is 18.2 Å². The van der Waals surface area contributed by atoms with E-state index in [1.807, 2.05) is 0 Å². The van der Waals surface area contributed by atoms with Crippen LogP contribution in [0.3, 0.4) is 0 Å². The third-order valence-corrected chi connectivity index (χ3v) is 4.16. The summed E-state index contributed by atoms with van der Waals surface area (Å²) < 4.78 is -3.86. The van der Waals surface area contributed by atoms with Crippen LogP contribution in [0.2, 0.25) is 5.02 Å². The van der Waals surface area contributed by atoms with Gasteiger partial charge in [-0.2, -0.15) is 0 Å². The first-order chi connectivity index (χ1) is 11.4. The highest BCUT2D eigenvalue weighted by Crippen LogP contribution is 2.41. The lowest BCUT2D eigenvalue weighted by atomic mass is 10.2. The number of aromatic nitrogens is 3. The Morgan fingerprint density at radius 2 is 1.44 bits per heavy atom. The lowest BCUT2D eigenvalue weighted by Gasteiger charge is -2.16. The second-order valence-corrected chi connectivity index (χ2v) is 10.4. The Hall–Kier alpha value is 0.350. The van der Waals surface area contributed by atoms with E-state index in [1.165, 1.54) is 0 Å². The van der Waals surface area contributed by atoms with Crippen LogP contribution in [0, 0.1) is 0 Å². The average molecular weight is 504 g/mol. The molecule has 0 aliphatic carbocycles. The van der Waals surface area contributed by atoms with E-state index in [0.29, 0.717) is 16.3 Å². The zero-order valence-electron chi connectivity index (χ0n) is 12.2. The number of anilines is 1. The van der Waals surface area contributed by atoms with Gasteiger partial charge in [-0.15, -0.1) is 0 Å². The van der Waals surface area contributed by atoms with Crippen LogP contribution in [0.4, 0.5) is 5.69 Å². The average Bonchev–Trinajstić information content (AvgIpc) is 2.46. The van der Waals surface area contributed by atoms with Gasteiger partial charge in [0, 0.05) is 5.56 Å². The molecule has 0 spiro atoms. The van der Waals surface area contributed by atoms with E-state index in [-0.39, 0.29) is 23.0 Å². The van der Waals surface area contributed by atoms with Crippen LogP contribution in [0.5, 0.6) is 0 Å². The largest absolute Gasteiger partial charge is 0.368 e. The molecule has 0 saturated heterocycles. The Bertz CT molecular complexity index is 737. The summed E-state index contributed by atoms with van der Waals surface area (Å²) in [5.41, 5.74) is 0.823. The summed E-state index contributed by atoms with van der Waals surface area (Å²) >= 11 is 47.2. The summed E-state index contributed by atoms with van der Waals surface area (Å²) in [6, 6.07) is 4.99. The molecule has 1 aromatic carbocycles. The SMILES string of the molecule is CC(Cl)Nc1ccc(-c2nc(C(Cl)(Cl)Cl)nc(C(Cl)(Cl)Cl)n2)cc1Cl. The van der Waals surface area contributed by atoms with Crippen molar-refractivity contribution in [3.05, 3.63) is 34.9 Å². The second-order valence-electron chi connectivity index (χ2n) is 4.76. The van der Waals surface area contributed by atoms with E-state index in [2.05, 4.69) is 20.3 Å². The predicted molar refractivity (Wildman–Crippen MR) is 108 cm³/mol. The van der Waals surface area contributed by atoms with Crippen LogP contribution < -0.4 is 5.32 Å². The quantitative estimate of drug-likeness (QED) is 0.368. The Kier molecular flexibility index (Phi) is 7.06. The molecule has 0 saturated carbocycles. The van der Waals surface area contributed by atoms with Gasteiger partial charge >= 0.3 is 0 Å². The van der Waals surface area contributed by atoms with E-state index in [9.17, 15) is 0 Å². The summed E-state index contributed by atoms with van der Waals surface area (Å²) in [5, 5.41) is 3.36. The molecule has 0 fully saturated rings. The molecule has 0 amide bonds. The lowest BCUT2D eigenvalue weighted by molar-refractivity contribution is 0.851. The number of hydrogen-bond acceptors (Lipinski definition) is 4. The fourth-order valence-corrected chi connectivity index (χ4v) is 2.60. The van der Waals surface area contributed by atoms with Crippen LogP contribution >= 0.6 is 92.8 Å². The zero-order chi connectivity index (χ0) is 19.0. The van der Waals surface area contributed by atoms with Gasteiger partial charge < -0.3 is 5.32 Å². The molecular formula is C13H8Cl8N4. The highest BCUT2D eigenvalue weighted by Gasteiger charge is 2.34. The van der Waals surface area contributed by atoms with Crippen molar-refractivity contribution in [2.45, 2.75) is 20.0 Å². The third-order valence-electron chi connectivity index (χ3n) is 2.72. The first-order valence-corrected chi connectivity index (χ1v) is 9.57. The molecule has 136 valence electrons. The number of halogens is 8. The monoisotopic (exact) mass is 500 g/mol. The van der Waals surface area contributed by atoms with Crippen LogP contribution in [0.25, 0.3) is 11.4 Å². The fraction of sp³-hybridized carbons (Fsp3) is 0.308. The minimum Gasteiger partial charge on any atom is -0.368 e. The number of rotatable bonds is 3. The number of alkyl halides is 7. The summed E-state index contributed by atoms with van der Waals surface area (Å²) in [6.45, 7) is 1.76. The summed E-state index contributed by atoms with van der Waals surface area (Å²) in [5.74, 6) is -0.238. The molecule has 1 atom stereocenters. The number of nitrogens with one attached hydrogen (secondary N) is 1. The van der Waals surface area contributed by atoms with Crippen molar-refractivity contribution in [1.29, 1.82) is 0 Å². The third kappa shape index (κ3) is 5.91. The topological polar surface area (TPSA) is 50.7 Å². The summed E-state index contributed by atoms with van der Waals surface area (Å²) in [7, 11) is 0. The first kappa shape index (κ1) is 21.6. The molecule has 2 aromatic rings. The molecule has 4 nitrogen and oxygen atoms in total. The highest BCUT2D eigenvalue weighted by atomic mass is 35.6. The molecule has 1 aromatic heterocycles. The minimum absolute atomic E-state index is 0.130. The molecule has 0 aliphatic heterocycles. The molecular weight excluding hydrogens is 496 g/mol. The number of nitrogens with zero attached hydrogens (tertiary/aromatic N) is 3. The lowest BCUT2D eigenvalue weighted by Crippen LogP contribution is -2.16. The fourth-order valence-electron chi connectivity index (χ4n) is 1.74. The van der Waals surface area contributed by atoms with Gasteiger partial charge in [-0.1, -0.05) is 92.8 Å². The molecule has 1 unspecified atom stereocenters. The van der Waals surface area contributed by atoms with Crippen molar-refractivity contribution in [1.82, 2.24) is 15.0 Å². The molecule has 1 heterocycles. The Labute approximate surface area is 184 Å². The molecule has 0 radical (unpaired) electrons. The predicted octanol–water partition coefficient (Wildman–Crippen LogP) is 6.84. The smallest absolute Gasteiger partial charge is 0.250 e. The molecule has 1 N–H and O–H groups in total. The normalized spacial score (nSPS) is 13.6. The van der Waals surface area contributed by atoms with Crippen LogP contribution in [-0.2, 0) is 7.59 Å². The maximum absolute atomic E-state index is 6.23. The van der Waals surface area contributed by atoms with Gasteiger partial charge in [0.25, 0.3) is 0 Å². The van der Waals surface area contributed by atoms with Crippen molar-refractivity contribution in [2.24, 2.45) is 0 Å². The van der Waals surface area contributed by atoms with Crippen molar-refractivity contribution >= 4 is 98.5 Å². The van der Waals surface area contributed by atoms with Crippen LogP contribution in [-0.4, -0.2) is 20.5 Å². The van der Waals surface area contributed by atoms with E-state index < -0.39 is 7.59 Å². The van der Waals surface area contributed by atoms with E-state index in [4.69, 9.17) is 92.8 Å². The van der Waals surface area contributed by atoms with Crippen molar-refractivity contribution in [3.8, 4) is 11.4 Å². The van der Waals surface area contributed by atoms with Crippen molar-refractivity contribution < 1.29 is 0 Å². The Morgan fingerprint density at radius 3 is 1.84 bits per heavy atom. The number of hydrogen-bond donors (Lipinski definition) is 1. The maximum Gasteiger partial charge on any atom is 0.250 e. The van der Waals surface area contributed by atoms with Gasteiger partial charge in [-0.05, 0) is 25.1 Å². The summed E-state index contributed by atoms with van der Waals surface area (Å²) in [6.07, 6.45) is 0. The standard InChI is InChI=1S/C13H8Cl8N4/c1-5(14)22-8-3-2-6(4-7(8)15)9-23-10(12(16,17)18)25-11(24-9)13(19,20)21/h2-5,22H,1H3. The highest BCUT2D eigenvalue weighted by molar-refractivity contribution is 6.67. The van der Waals surface area contributed by atoms with Crippen molar-refractivity contribution in [2.75, 3.05) is 5.32 Å². The Balaban J connectivity index is 2.56. The van der Waals surface area contributed by atoms with Gasteiger partial charge in [0.1, 0.15) is 0 Å². The van der Waals surface area contributed by atoms with Gasteiger partial charge in [0.05, 0.1) is 16.2 Å². The van der Waals surface area contributed by atoms with Crippen molar-refractivity contribution in [3.63, 3.8) is 0 Å². The van der Waals surface area contributed by atoms with E-state index >= 15 is 0 Å². The van der Waals surface area contributed by atoms with Gasteiger partial charge in [0.2, 0.25) is 7.59 Å². The van der Waals surface area contributed by atoms with Gasteiger partial charge in [-0.25, -0.2) is 15.0 Å². The molecule has 2 rings (SSSR count). The van der Waals surface area contributed by atoms with Gasteiger partial charge in [0.15, 0.2) is 17.5 Å². The van der Waals surface area contributed by atoms with E-state index in [1.54, 1.807) is 25.1 Å². The first-order valence-electron chi connectivity index (χ1n) is 6.49. The molecule has 0 aliphatic rings. The molecule has 25 heavy (non-hydrogen) atoms. The number of benzene rings is 1. The van der Waals surface area contributed by atoms with Crippen LogP contribution in [0.1, 0.15) is 18.6 Å². The maximum atomic E-state index is 6.23.